The van der Waals surface area contributed by atoms with Gasteiger partial charge in [0.25, 0.3) is 5.56 Å². The maximum Gasteiger partial charge on any atom is 0.328 e. The van der Waals surface area contributed by atoms with Gasteiger partial charge in [-0.25, -0.2) is 9.78 Å². The minimum Gasteiger partial charge on any atom is -0.384 e. The minimum atomic E-state index is -0.603. The molecule has 2 rings (SSSR count). The van der Waals surface area contributed by atoms with Gasteiger partial charge in [0.15, 0.2) is 0 Å². The van der Waals surface area contributed by atoms with Crippen LogP contribution in [-0.2, 0) is 6.54 Å². The summed E-state index contributed by atoms with van der Waals surface area (Å²) >= 11 is 5.63. The van der Waals surface area contributed by atoms with Crippen molar-refractivity contribution in [1.29, 1.82) is 0 Å². The van der Waals surface area contributed by atoms with Crippen molar-refractivity contribution in [1.82, 2.24) is 14.5 Å². The Morgan fingerprint density at radius 1 is 1.41 bits per heavy atom. The van der Waals surface area contributed by atoms with E-state index in [2.05, 4.69) is 9.97 Å². The van der Waals surface area contributed by atoms with Crippen LogP contribution in [0.3, 0.4) is 0 Å². The summed E-state index contributed by atoms with van der Waals surface area (Å²) in [5, 5.41) is -0.0477. The first-order chi connectivity index (χ1) is 8.06. The van der Waals surface area contributed by atoms with Crippen molar-refractivity contribution in [2.75, 3.05) is 5.73 Å². The molecule has 2 aromatic heterocycles. The molecule has 0 fully saturated rings. The van der Waals surface area contributed by atoms with Gasteiger partial charge in [-0.1, -0.05) is 17.7 Å². The van der Waals surface area contributed by atoms with E-state index < -0.39 is 11.2 Å². The molecular weight excluding hydrogens is 244 g/mol. The second-order valence-electron chi connectivity index (χ2n) is 3.42. The zero-order chi connectivity index (χ0) is 12.4. The van der Waals surface area contributed by atoms with Gasteiger partial charge >= 0.3 is 5.69 Å². The predicted molar refractivity (Wildman–Crippen MR) is 64.1 cm³/mol. The number of nitrogens with two attached hydrogens (primary N) is 1. The lowest BCUT2D eigenvalue weighted by Crippen LogP contribution is -2.30. The Balaban J connectivity index is 2.40. The molecule has 0 unspecified atom stereocenters. The summed E-state index contributed by atoms with van der Waals surface area (Å²) in [4.78, 5) is 28.7. The molecule has 0 bridgehead atoms. The number of H-pyrrole nitrogens is 1. The first-order valence-corrected chi connectivity index (χ1v) is 5.15. The lowest BCUT2D eigenvalue weighted by atomic mass is 10.3. The highest BCUT2D eigenvalue weighted by molar-refractivity contribution is 6.30. The molecular formula is C10H9ClN4O2. The normalized spacial score (nSPS) is 10.4. The Morgan fingerprint density at radius 2 is 2.18 bits per heavy atom. The van der Waals surface area contributed by atoms with Crippen molar-refractivity contribution < 1.29 is 0 Å². The lowest BCUT2D eigenvalue weighted by Gasteiger charge is -2.05. The Hall–Kier alpha value is -2.08. The number of pyridine rings is 1. The van der Waals surface area contributed by atoms with Gasteiger partial charge in [0.1, 0.15) is 10.8 Å². The monoisotopic (exact) mass is 252 g/mol. The van der Waals surface area contributed by atoms with Crippen LogP contribution >= 0.6 is 11.6 Å². The van der Waals surface area contributed by atoms with Gasteiger partial charge in [-0.15, -0.1) is 0 Å². The van der Waals surface area contributed by atoms with Crippen LogP contribution in [0, 0.1) is 0 Å². The molecule has 0 aliphatic carbocycles. The van der Waals surface area contributed by atoms with E-state index in [1.54, 1.807) is 18.2 Å². The molecule has 0 saturated carbocycles. The van der Waals surface area contributed by atoms with Crippen molar-refractivity contribution in [2.45, 2.75) is 6.54 Å². The first-order valence-electron chi connectivity index (χ1n) is 4.77. The third kappa shape index (κ3) is 2.54. The van der Waals surface area contributed by atoms with E-state index in [-0.39, 0.29) is 11.6 Å². The Morgan fingerprint density at radius 3 is 2.88 bits per heavy atom. The van der Waals surface area contributed by atoms with Crippen LogP contribution in [0.2, 0.25) is 5.02 Å². The zero-order valence-corrected chi connectivity index (χ0v) is 9.44. The van der Waals surface area contributed by atoms with Gasteiger partial charge < -0.3 is 5.73 Å². The molecule has 0 atom stereocenters. The fourth-order valence-corrected chi connectivity index (χ4v) is 1.53. The van der Waals surface area contributed by atoms with Gasteiger partial charge in [-0.3, -0.25) is 14.3 Å². The van der Waals surface area contributed by atoms with E-state index in [4.69, 9.17) is 17.3 Å². The van der Waals surface area contributed by atoms with Crippen LogP contribution in [0.5, 0.6) is 0 Å². The average molecular weight is 253 g/mol. The Kier molecular flexibility index (Phi) is 2.97. The highest BCUT2D eigenvalue weighted by Crippen LogP contribution is 2.03. The second-order valence-corrected chi connectivity index (χ2v) is 3.83. The maximum atomic E-state index is 11.5. The highest BCUT2D eigenvalue weighted by atomic mass is 35.5. The molecule has 0 amide bonds. The number of nitrogens with one attached hydrogen (secondary N) is 1. The SMILES string of the molecule is Nc1cccc(Cn2cc(Cl)c(=O)[nH]c2=O)n1. The van der Waals surface area contributed by atoms with E-state index in [1.807, 2.05) is 0 Å². The number of hydrogen-bond acceptors (Lipinski definition) is 4. The van der Waals surface area contributed by atoms with Gasteiger partial charge in [0.2, 0.25) is 0 Å². The van der Waals surface area contributed by atoms with Crippen molar-refractivity contribution in [3.05, 3.63) is 56.0 Å². The number of halogens is 1. The molecule has 88 valence electrons. The number of aromatic nitrogens is 3. The quantitative estimate of drug-likeness (QED) is 0.799. The van der Waals surface area contributed by atoms with Crippen LogP contribution in [0.15, 0.2) is 34.0 Å². The predicted octanol–water partition coefficient (Wildman–Crippen LogP) is 0.215. The number of nitrogens with zero attached hydrogens (tertiary/aromatic N) is 2. The smallest absolute Gasteiger partial charge is 0.328 e. The molecule has 2 heterocycles. The minimum absolute atomic E-state index is 0.0477. The largest absolute Gasteiger partial charge is 0.384 e. The molecule has 0 spiro atoms. The molecule has 3 N–H and O–H groups in total. The molecule has 7 heteroatoms. The van der Waals surface area contributed by atoms with Crippen molar-refractivity contribution in [3.8, 4) is 0 Å². The fraction of sp³-hybridized carbons (Fsp3) is 0.100. The average Bonchev–Trinajstić information content (AvgIpc) is 2.26. The number of hydrogen-bond donors (Lipinski definition) is 2. The number of anilines is 1. The van der Waals surface area contributed by atoms with Crippen LogP contribution in [0.4, 0.5) is 5.82 Å². The van der Waals surface area contributed by atoms with Gasteiger partial charge in [-0.2, -0.15) is 0 Å². The summed E-state index contributed by atoms with van der Waals surface area (Å²) in [7, 11) is 0. The Bertz CT molecular complexity index is 662. The molecule has 0 aliphatic rings. The standard InChI is InChI=1S/C10H9ClN4O2/c11-7-5-15(10(17)14-9(7)16)4-6-2-1-3-8(12)13-6/h1-3,5H,4H2,(H2,12,13)(H,14,16,17). The van der Waals surface area contributed by atoms with Gasteiger partial charge in [-0.05, 0) is 12.1 Å². The summed E-state index contributed by atoms with van der Waals surface area (Å²) < 4.78 is 1.26. The van der Waals surface area contributed by atoms with E-state index in [9.17, 15) is 9.59 Å². The molecule has 6 nitrogen and oxygen atoms in total. The summed E-state index contributed by atoms with van der Waals surface area (Å²) in [5.74, 6) is 0.367. The van der Waals surface area contributed by atoms with E-state index in [1.165, 1.54) is 10.8 Å². The van der Waals surface area contributed by atoms with Crippen LogP contribution < -0.4 is 17.0 Å². The van der Waals surface area contributed by atoms with E-state index in [0.29, 0.717) is 11.5 Å². The highest BCUT2D eigenvalue weighted by Gasteiger charge is 2.03. The second kappa shape index (κ2) is 4.42. The Labute approximate surface area is 101 Å². The lowest BCUT2D eigenvalue weighted by molar-refractivity contribution is 0.706. The van der Waals surface area contributed by atoms with Crippen molar-refractivity contribution >= 4 is 17.4 Å². The first kappa shape index (κ1) is 11.4. The maximum absolute atomic E-state index is 11.5. The summed E-state index contributed by atoms with van der Waals surface area (Å²) in [5.41, 5.74) is 4.99. The third-order valence-corrected chi connectivity index (χ3v) is 2.40. The van der Waals surface area contributed by atoms with Crippen LogP contribution in [0.1, 0.15) is 5.69 Å². The molecule has 0 aliphatic heterocycles. The number of nitrogen functional groups attached to an aromatic ring is 1. The molecule has 0 radical (unpaired) electrons. The van der Waals surface area contributed by atoms with Gasteiger partial charge in [0, 0.05) is 6.20 Å². The van der Waals surface area contributed by atoms with Gasteiger partial charge in [0.05, 0.1) is 12.2 Å². The fourth-order valence-electron chi connectivity index (χ4n) is 1.36. The van der Waals surface area contributed by atoms with E-state index in [0.717, 1.165) is 0 Å². The molecule has 2 aromatic rings. The zero-order valence-electron chi connectivity index (χ0n) is 8.68. The van der Waals surface area contributed by atoms with Crippen molar-refractivity contribution in [3.63, 3.8) is 0 Å². The summed E-state index contributed by atoms with van der Waals surface area (Å²) in [6, 6.07) is 5.10. The topological polar surface area (TPSA) is 93.8 Å². The van der Waals surface area contributed by atoms with E-state index >= 15 is 0 Å². The third-order valence-electron chi connectivity index (χ3n) is 2.13. The molecule has 17 heavy (non-hydrogen) atoms. The summed E-state index contributed by atoms with van der Waals surface area (Å²) in [6.07, 6.45) is 1.27. The molecule has 0 aromatic carbocycles. The van der Waals surface area contributed by atoms with Crippen LogP contribution in [-0.4, -0.2) is 14.5 Å². The van der Waals surface area contributed by atoms with Crippen molar-refractivity contribution in [2.24, 2.45) is 0 Å². The number of aromatic amines is 1. The van der Waals surface area contributed by atoms with Crippen LogP contribution in [0.25, 0.3) is 0 Å². The summed E-state index contributed by atoms with van der Waals surface area (Å²) in [6.45, 7) is 0.195. The molecule has 0 saturated heterocycles. The number of rotatable bonds is 2.